The van der Waals surface area contributed by atoms with Crippen LogP contribution in [0.5, 0.6) is 0 Å². The summed E-state index contributed by atoms with van der Waals surface area (Å²) in [6, 6.07) is 7.04. The molecule has 1 aromatic heterocycles. The summed E-state index contributed by atoms with van der Waals surface area (Å²) in [4.78, 5) is 26.0. The summed E-state index contributed by atoms with van der Waals surface area (Å²) in [5, 5.41) is 4.23. The van der Waals surface area contributed by atoms with Crippen LogP contribution in [-0.2, 0) is 9.53 Å². The largest absolute Gasteiger partial charge is 0.462 e. The standard InChI is InChI=1S/C15H14N2O3S2/c1-3-20-14(19)12-7-9-6-10(4-5-11(9)22-12)17-13(18)8(2)16-15(17)21/h4-8H,3H2,1-2H3,(H,16,21)/t8-/m1/s1. The van der Waals surface area contributed by atoms with Gasteiger partial charge in [0.1, 0.15) is 10.9 Å². The second kappa shape index (κ2) is 5.66. The van der Waals surface area contributed by atoms with Crippen LogP contribution >= 0.6 is 23.6 Å². The third-order valence-corrected chi connectivity index (χ3v) is 4.77. The van der Waals surface area contributed by atoms with E-state index in [1.165, 1.54) is 16.2 Å². The average molecular weight is 334 g/mol. The van der Waals surface area contributed by atoms with Gasteiger partial charge in [-0.3, -0.25) is 9.69 Å². The molecule has 0 saturated carbocycles. The second-order valence-corrected chi connectivity index (χ2v) is 6.37. The quantitative estimate of drug-likeness (QED) is 0.691. The van der Waals surface area contributed by atoms with E-state index in [-0.39, 0.29) is 17.9 Å². The number of benzene rings is 1. The van der Waals surface area contributed by atoms with Crippen molar-refractivity contribution in [2.24, 2.45) is 0 Å². The highest BCUT2D eigenvalue weighted by atomic mass is 32.1. The predicted molar refractivity (Wildman–Crippen MR) is 90.5 cm³/mol. The second-order valence-electron chi connectivity index (χ2n) is 4.90. The van der Waals surface area contributed by atoms with Crippen molar-refractivity contribution >= 4 is 56.3 Å². The molecule has 0 bridgehead atoms. The van der Waals surface area contributed by atoms with Crippen LogP contribution in [-0.4, -0.2) is 29.6 Å². The molecule has 5 nitrogen and oxygen atoms in total. The Balaban J connectivity index is 1.98. The number of nitrogens with one attached hydrogen (secondary N) is 1. The number of fused-ring (bicyclic) bond motifs is 1. The van der Waals surface area contributed by atoms with Crippen molar-refractivity contribution in [1.29, 1.82) is 0 Å². The fourth-order valence-corrected chi connectivity index (χ4v) is 3.63. The number of rotatable bonds is 3. The number of thiophene rings is 1. The van der Waals surface area contributed by atoms with E-state index in [1.807, 2.05) is 18.2 Å². The lowest BCUT2D eigenvalue weighted by molar-refractivity contribution is -0.117. The summed E-state index contributed by atoms with van der Waals surface area (Å²) >= 11 is 6.58. The molecule has 1 saturated heterocycles. The first-order chi connectivity index (χ1) is 10.5. The fourth-order valence-electron chi connectivity index (χ4n) is 2.32. The van der Waals surface area contributed by atoms with E-state index in [0.29, 0.717) is 22.3 Å². The number of amides is 1. The van der Waals surface area contributed by atoms with Gasteiger partial charge in [0.2, 0.25) is 0 Å². The predicted octanol–water partition coefficient (Wildman–Crippen LogP) is 2.69. The Bertz CT molecular complexity index is 784. The molecule has 1 atom stereocenters. The molecule has 1 aromatic carbocycles. The zero-order valence-electron chi connectivity index (χ0n) is 12.1. The molecule has 2 aromatic rings. The SMILES string of the molecule is CCOC(=O)c1cc2cc(N3C(=O)[C@@H](C)NC3=S)ccc2s1. The average Bonchev–Trinajstić information content (AvgIpc) is 3.00. The van der Waals surface area contributed by atoms with E-state index in [1.54, 1.807) is 19.9 Å². The van der Waals surface area contributed by atoms with Crippen LogP contribution in [0.3, 0.4) is 0 Å². The lowest BCUT2D eigenvalue weighted by Gasteiger charge is -2.14. The van der Waals surface area contributed by atoms with Gasteiger partial charge in [0.25, 0.3) is 5.91 Å². The third-order valence-electron chi connectivity index (χ3n) is 3.37. The summed E-state index contributed by atoms with van der Waals surface area (Å²) in [6.45, 7) is 3.90. The van der Waals surface area contributed by atoms with E-state index >= 15 is 0 Å². The molecule has 3 rings (SSSR count). The molecule has 0 aliphatic carbocycles. The van der Waals surface area contributed by atoms with Crippen molar-refractivity contribution in [3.63, 3.8) is 0 Å². The molecular formula is C15H14N2O3S2. The number of ether oxygens (including phenoxy) is 1. The van der Waals surface area contributed by atoms with Gasteiger partial charge in [0.05, 0.1) is 12.3 Å². The molecule has 2 heterocycles. The van der Waals surface area contributed by atoms with Crippen LogP contribution in [0.4, 0.5) is 5.69 Å². The Morgan fingerprint density at radius 3 is 2.86 bits per heavy atom. The lowest BCUT2D eigenvalue weighted by atomic mass is 10.2. The normalized spacial score (nSPS) is 17.9. The zero-order valence-corrected chi connectivity index (χ0v) is 13.7. The number of hydrogen-bond acceptors (Lipinski definition) is 5. The van der Waals surface area contributed by atoms with Crippen LogP contribution in [0.1, 0.15) is 23.5 Å². The minimum Gasteiger partial charge on any atom is -0.462 e. The van der Waals surface area contributed by atoms with E-state index < -0.39 is 0 Å². The van der Waals surface area contributed by atoms with Gasteiger partial charge in [0, 0.05) is 4.70 Å². The monoisotopic (exact) mass is 334 g/mol. The Labute approximate surface area is 136 Å². The van der Waals surface area contributed by atoms with E-state index in [4.69, 9.17) is 17.0 Å². The smallest absolute Gasteiger partial charge is 0.348 e. The molecule has 1 fully saturated rings. The van der Waals surface area contributed by atoms with Gasteiger partial charge < -0.3 is 10.1 Å². The lowest BCUT2D eigenvalue weighted by Crippen LogP contribution is -2.30. The van der Waals surface area contributed by atoms with Crippen LogP contribution in [0.25, 0.3) is 10.1 Å². The van der Waals surface area contributed by atoms with Crippen molar-refractivity contribution in [3.8, 4) is 0 Å². The molecule has 0 spiro atoms. The van der Waals surface area contributed by atoms with Crippen molar-refractivity contribution in [1.82, 2.24) is 5.32 Å². The molecule has 114 valence electrons. The Hall–Kier alpha value is -1.99. The number of hydrogen-bond donors (Lipinski definition) is 1. The Morgan fingerprint density at radius 1 is 1.45 bits per heavy atom. The summed E-state index contributed by atoms with van der Waals surface area (Å²) in [5.74, 6) is -0.404. The number of esters is 1. The number of carbonyl (C=O) groups excluding carboxylic acids is 2. The summed E-state index contributed by atoms with van der Waals surface area (Å²) in [7, 11) is 0. The van der Waals surface area contributed by atoms with Crippen molar-refractivity contribution in [2.75, 3.05) is 11.5 Å². The first-order valence-corrected chi connectivity index (χ1v) is 8.09. The molecule has 1 aliphatic heterocycles. The number of thiocarbonyl (C=S) groups is 1. The van der Waals surface area contributed by atoms with Gasteiger partial charge in [-0.05, 0) is 55.7 Å². The molecule has 22 heavy (non-hydrogen) atoms. The summed E-state index contributed by atoms with van der Waals surface area (Å²) in [6.07, 6.45) is 0. The first-order valence-electron chi connectivity index (χ1n) is 6.86. The van der Waals surface area contributed by atoms with Gasteiger partial charge >= 0.3 is 5.97 Å². The maximum atomic E-state index is 12.2. The summed E-state index contributed by atoms with van der Waals surface area (Å²) < 4.78 is 5.98. The highest BCUT2D eigenvalue weighted by Crippen LogP contribution is 2.31. The van der Waals surface area contributed by atoms with Crippen molar-refractivity contribution in [3.05, 3.63) is 29.1 Å². The van der Waals surface area contributed by atoms with E-state index in [2.05, 4.69) is 5.32 Å². The van der Waals surface area contributed by atoms with Crippen LogP contribution in [0.15, 0.2) is 24.3 Å². The molecule has 1 amide bonds. The zero-order chi connectivity index (χ0) is 15.9. The van der Waals surface area contributed by atoms with Gasteiger partial charge in [-0.25, -0.2) is 4.79 Å². The maximum absolute atomic E-state index is 12.2. The molecule has 1 N–H and O–H groups in total. The van der Waals surface area contributed by atoms with E-state index in [0.717, 1.165) is 10.1 Å². The molecule has 0 radical (unpaired) electrons. The Kier molecular flexibility index (Phi) is 3.84. The third kappa shape index (κ3) is 2.46. The van der Waals surface area contributed by atoms with E-state index in [9.17, 15) is 9.59 Å². The number of anilines is 1. The molecule has 7 heteroatoms. The van der Waals surface area contributed by atoms with Crippen molar-refractivity contribution < 1.29 is 14.3 Å². The highest BCUT2D eigenvalue weighted by molar-refractivity contribution is 7.80. The minimum absolute atomic E-state index is 0.0785. The molecule has 1 aliphatic rings. The fraction of sp³-hybridized carbons (Fsp3) is 0.267. The van der Waals surface area contributed by atoms with Gasteiger partial charge in [0.15, 0.2) is 5.11 Å². The van der Waals surface area contributed by atoms with Crippen LogP contribution in [0.2, 0.25) is 0 Å². The number of carbonyl (C=O) groups is 2. The topological polar surface area (TPSA) is 58.6 Å². The molecule has 0 unspecified atom stereocenters. The Morgan fingerprint density at radius 2 is 2.23 bits per heavy atom. The number of nitrogens with zero attached hydrogens (tertiary/aromatic N) is 1. The van der Waals surface area contributed by atoms with Crippen LogP contribution in [0, 0.1) is 0 Å². The highest BCUT2D eigenvalue weighted by Gasteiger charge is 2.33. The summed E-state index contributed by atoms with van der Waals surface area (Å²) in [5.41, 5.74) is 0.701. The van der Waals surface area contributed by atoms with Gasteiger partial charge in [-0.15, -0.1) is 11.3 Å². The minimum atomic E-state index is -0.326. The van der Waals surface area contributed by atoms with Gasteiger partial charge in [-0.2, -0.15) is 0 Å². The van der Waals surface area contributed by atoms with Crippen molar-refractivity contribution in [2.45, 2.75) is 19.9 Å². The first kappa shape index (κ1) is 14.9. The maximum Gasteiger partial charge on any atom is 0.348 e. The molecular weight excluding hydrogens is 320 g/mol. The van der Waals surface area contributed by atoms with Crippen LogP contribution < -0.4 is 10.2 Å². The van der Waals surface area contributed by atoms with Gasteiger partial charge in [-0.1, -0.05) is 0 Å².